The molecule has 1 aliphatic carbocycles. The lowest BCUT2D eigenvalue weighted by Gasteiger charge is -2.40. The Morgan fingerprint density at radius 1 is 1.26 bits per heavy atom. The van der Waals surface area contributed by atoms with Crippen molar-refractivity contribution in [3.63, 3.8) is 0 Å². The maximum Gasteiger partial charge on any atom is 0.312 e. The number of carbonyl (C=O) groups excluding carboxylic acids is 1. The molecule has 122 valence electrons. The standard InChI is InChI=1S/C20H24O3/c1-5-18-17-8-6-13-12-14(22-3)7-9-15(13)16(17)10-11-20(18,2)19(21)23-4/h6-9,12,18H,5,10-11H2,1-4H3. The smallest absolute Gasteiger partial charge is 0.312 e. The monoisotopic (exact) mass is 312 g/mol. The van der Waals surface area contributed by atoms with Crippen LogP contribution in [0, 0.1) is 5.41 Å². The first-order chi connectivity index (χ1) is 11.0. The summed E-state index contributed by atoms with van der Waals surface area (Å²) in [7, 11) is 3.18. The molecule has 0 saturated carbocycles. The Morgan fingerprint density at radius 3 is 2.70 bits per heavy atom. The summed E-state index contributed by atoms with van der Waals surface area (Å²) >= 11 is 0. The molecule has 3 rings (SSSR count). The maximum atomic E-state index is 12.4. The summed E-state index contributed by atoms with van der Waals surface area (Å²) < 4.78 is 10.4. The van der Waals surface area contributed by atoms with E-state index in [9.17, 15) is 4.79 Å². The number of benzene rings is 2. The zero-order valence-corrected chi connectivity index (χ0v) is 14.3. The summed E-state index contributed by atoms with van der Waals surface area (Å²) in [5.41, 5.74) is 2.24. The molecule has 0 aliphatic heterocycles. The van der Waals surface area contributed by atoms with Crippen LogP contribution in [0.4, 0.5) is 0 Å². The lowest BCUT2D eigenvalue weighted by atomic mass is 9.63. The minimum absolute atomic E-state index is 0.0928. The van der Waals surface area contributed by atoms with Crippen LogP contribution in [-0.2, 0) is 16.0 Å². The molecule has 0 amide bonds. The average molecular weight is 312 g/mol. The quantitative estimate of drug-likeness (QED) is 0.785. The molecule has 0 fully saturated rings. The summed E-state index contributed by atoms with van der Waals surface area (Å²) in [4.78, 5) is 12.4. The molecular weight excluding hydrogens is 288 g/mol. The first-order valence-electron chi connectivity index (χ1n) is 8.23. The number of hydrogen-bond acceptors (Lipinski definition) is 3. The molecule has 23 heavy (non-hydrogen) atoms. The molecule has 0 radical (unpaired) electrons. The number of esters is 1. The maximum absolute atomic E-state index is 12.4. The van der Waals surface area contributed by atoms with Crippen LogP contribution >= 0.6 is 0 Å². The van der Waals surface area contributed by atoms with Gasteiger partial charge < -0.3 is 9.47 Å². The largest absolute Gasteiger partial charge is 0.497 e. The lowest BCUT2D eigenvalue weighted by molar-refractivity contribution is -0.154. The second kappa shape index (κ2) is 5.88. The number of rotatable bonds is 3. The molecule has 2 aromatic carbocycles. The van der Waals surface area contributed by atoms with Crippen molar-refractivity contribution in [1.82, 2.24) is 0 Å². The van der Waals surface area contributed by atoms with Crippen molar-refractivity contribution in [2.45, 2.75) is 39.0 Å². The number of ether oxygens (including phenoxy) is 2. The zero-order chi connectivity index (χ0) is 16.6. The van der Waals surface area contributed by atoms with Gasteiger partial charge in [-0.3, -0.25) is 4.79 Å². The summed E-state index contributed by atoms with van der Waals surface area (Å²) in [6.45, 7) is 4.20. The fourth-order valence-electron chi connectivity index (χ4n) is 4.17. The van der Waals surface area contributed by atoms with Crippen LogP contribution in [0.2, 0.25) is 0 Å². The average Bonchev–Trinajstić information content (AvgIpc) is 2.59. The summed E-state index contributed by atoms with van der Waals surface area (Å²) in [5.74, 6) is 0.981. The Balaban J connectivity index is 2.15. The number of carbonyl (C=O) groups is 1. The normalized spacial score (nSPS) is 23.4. The molecule has 0 saturated heterocycles. The Labute approximate surface area is 137 Å². The molecule has 0 N–H and O–H groups in total. The van der Waals surface area contributed by atoms with Crippen molar-refractivity contribution in [2.24, 2.45) is 5.41 Å². The van der Waals surface area contributed by atoms with Gasteiger partial charge in [0.25, 0.3) is 0 Å². The van der Waals surface area contributed by atoms with Gasteiger partial charge in [-0.1, -0.05) is 25.1 Å². The third-order valence-electron chi connectivity index (χ3n) is 5.47. The van der Waals surface area contributed by atoms with E-state index in [1.807, 2.05) is 13.0 Å². The molecule has 1 aliphatic rings. The SMILES string of the molecule is CCC1c2ccc3cc(OC)ccc3c2CCC1(C)C(=O)OC. The molecule has 3 nitrogen and oxygen atoms in total. The lowest BCUT2D eigenvalue weighted by Crippen LogP contribution is -2.39. The van der Waals surface area contributed by atoms with Gasteiger partial charge in [0.05, 0.1) is 19.6 Å². The van der Waals surface area contributed by atoms with E-state index in [0.717, 1.165) is 25.0 Å². The Hall–Kier alpha value is -2.03. The van der Waals surface area contributed by atoms with Gasteiger partial charge >= 0.3 is 5.97 Å². The van der Waals surface area contributed by atoms with Gasteiger partial charge in [0.1, 0.15) is 5.75 Å². The highest BCUT2D eigenvalue weighted by atomic mass is 16.5. The van der Waals surface area contributed by atoms with E-state index in [0.29, 0.717) is 0 Å². The fraction of sp³-hybridized carbons (Fsp3) is 0.450. The van der Waals surface area contributed by atoms with Crippen LogP contribution in [-0.4, -0.2) is 20.2 Å². The Morgan fingerprint density at radius 2 is 2.04 bits per heavy atom. The van der Waals surface area contributed by atoms with E-state index >= 15 is 0 Å². The van der Waals surface area contributed by atoms with Gasteiger partial charge in [0, 0.05) is 0 Å². The van der Waals surface area contributed by atoms with E-state index < -0.39 is 5.41 Å². The summed E-state index contributed by atoms with van der Waals surface area (Å²) in [6.07, 6.45) is 2.66. The van der Waals surface area contributed by atoms with Crippen molar-refractivity contribution in [3.8, 4) is 5.75 Å². The first kappa shape index (κ1) is 15.9. The van der Waals surface area contributed by atoms with Crippen molar-refractivity contribution in [1.29, 1.82) is 0 Å². The predicted molar refractivity (Wildman–Crippen MR) is 92.0 cm³/mol. The molecule has 2 aromatic rings. The number of fused-ring (bicyclic) bond motifs is 3. The number of hydrogen-bond donors (Lipinski definition) is 0. The molecule has 0 bridgehead atoms. The van der Waals surface area contributed by atoms with Crippen LogP contribution in [0.15, 0.2) is 30.3 Å². The second-order valence-corrected chi connectivity index (χ2v) is 6.59. The molecule has 2 unspecified atom stereocenters. The van der Waals surface area contributed by atoms with E-state index in [1.165, 1.54) is 29.0 Å². The van der Waals surface area contributed by atoms with Crippen LogP contribution in [0.3, 0.4) is 0 Å². The minimum Gasteiger partial charge on any atom is -0.497 e. The van der Waals surface area contributed by atoms with Crippen LogP contribution in [0.5, 0.6) is 5.75 Å². The molecule has 0 aromatic heterocycles. The summed E-state index contributed by atoms with van der Waals surface area (Å²) in [5, 5.41) is 2.47. The van der Waals surface area contributed by atoms with Crippen molar-refractivity contribution >= 4 is 16.7 Å². The van der Waals surface area contributed by atoms with Crippen molar-refractivity contribution in [3.05, 3.63) is 41.5 Å². The van der Waals surface area contributed by atoms with Crippen molar-refractivity contribution in [2.75, 3.05) is 14.2 Å². The van der Waals surface area contributed by atoms with Gasteiger partial charge in [-0.25, -0.2) is 0 Å². The van der Waals surface area contributed by atoms with Gasteiger partial charge in [-0.2, -0.15) is 0 Å². The zero-order valence-electron chi connectivity index (χ0n) is 14.3. The molecule has 3 heteroatoms. The first-order valence-corrected chi connectivity index (χ1v) is 8.23. The highest BCUT2D eigenvalue weighted by molar-refractivity contribution is 5.89. The third kappa shape index (κ3) is 2.39. The number of aryl methyl sites for hydroxylation is 1. The molecule has 0 spiro atoms. The topological polar surface area (TPSA) is 35.5 Å². The van der Waals surface area contributed by atoms with E-state index in [2.05, 4.69) is 31.2 Å². The Kier molecular flexibility index (Phi) is 4.05. The fourth-order valence-corrected chi connectivity index (χ4v) is 4.17. The van der Waals surface area contributed by atoms with Gasteiger partial charge in [0.15, 0.2) is 0 Å². The van der Waals surface area contributed by atoms with E-state index in [1.54, 1.807) is 7.11 Å². The highest BCUT2D eigenvalue weighted by Gasteiger charge is 2.45. The molecule has 0 heterocycles. The highest BCUT2D eigenvalue weighted by Crippen LogP contribution is 2.49. The van der Waals surface area contributed by atoms with Gasteiger partial charge in [-0.05, 0) is 66.1 Å². The van der Waals surface area contributed by atoms with Crippen LogP contribution < -0.4 is 4.74 Å². The number of methoxy groups -OCH3 is 2. The minimum atomic E-state index is -0.434. The van der Waals surface area contributed by atoms with E-state index in [-0.39, 0.29) is 11.9 Å². The predicted octanol–water partition coefficient (Wildman–Crippen LogP) is 4.47. The molecule has 2 atom stereocenters. The Bertz CT molecular complexity index is 750. The summed E-state index contributed by atoms with van der Waals surface area (Å²) in [6, 6.07) is 10.6. The van der Waals surface area contributed by atoms with Crippen LogP contribution in [0.1, 0.15) is 43.7 Å². The van der Waals surface area contributed by atoms with Crippen molar-refractivity contribution < 1.29 is 14.3 Å². The second-order valence-electron chi connectivity index (χ2n) is 6.59. The van der Waals surface area contributed by atoms with Gasteiger partial charge in [0.2, 0.25) is 0 Å². The van der Waals surface area contributed by atoms with Gasteiger partial charge in [-0.15, -0.1) is 0 Å². The molecular formula is C20H24O3. The van der Waals surface area contributed by atoms with Crippen LogP contribution in [0.25, 0.3) is 10.8 Å². The van der Waals surface area contributed by atoms with E-state index in [4.69, 9.17) is 9.47 Å². The third-order valence-corrected chi connectivity index (χ3v) is 5.47.